The molecular formula is C27H14F3IrN2O2-. The Morgan fingerprint density at radius 2 is 1.49 bits per heavy atom. The van der Waals surface area contributed by atoms with Crippen LogP contribution in [0.2, 0.25) is 0 Å². The van der Waals surface area contributed by atoms with Crippen molar-refractivity contribution in [3.8, 4) is 23.1 Å². The van der Waals surface area contributed by atoms with Crippen LogP contribution in [0.25, 0.3) is 44.0 Å². The van der Waals surface area contributed by atoms with E-state index in [0.717, 1.165) is 28.3 Å². The second-order valence-electron chi connectivity index (χ2n) is 7.78. The van der Waals surface area contributed by atoms with Crippen LogP contribution < -0.4 is 4.74 Å². The van der Waals surface area contributed by atoms with E-state index in [0.29, 0.717) is 27.8 Å². The zero-order valence-electron chi connectivity index (χ0n) is 17.8. The number of hydrogen-bond acceptors (Lipinski definition) is 4. The van der Waals surface area contributed by atoms with Gasteiger partial charge in [0.25, 0.3) is 0 Å². The summed E-state index contributed by atoms with van der Waals surface area (Å²) in [5.41, 5.74) is 0.326. The second kappa shape index (κ2) is 8.80. The fraction of sp³-hybridized carbons (Fsp3) is 0.0370. The summed E-state index contributed by atoms with van der Waals surface area (Å²) in [5.74, 6) is 0.529. The van der Waals surface area contributed by atoms with Crippen molar-refractivity contribution in [2.75, 3.05) is 0 Å². The first-order chi connectivity index (χ1) is 16.5. The van der Waals surface area contributed by atoms with Gasteiger partial charge in [-0.15, -0.1) is 22.6 Å². The van der Waals surface area contributed by atoms with Crippen molar-refractivity contribution in [2.24, 2.45) is 0 Å². The number of benzene rings is 4. The van der Waals surface area contributed by atoms with E-state index < -0.39 is 11.7 Å². The van der Waals surface area contributed by atoms with Gasteiger partial charge in [0, 0.05) is 31.1 Å². The van der Waals surface area contributed by atoms with Gasteiger partial charge >= 0.3 is 6.18 Å². The molecule has 0 saturated heterocycles. The minimum absolute atomic E-state index is 0. The fourth-order valence-electron chi connectivity index (χ4n) is 3.93. The third-order valence-corrected chi connectivity index (χ3v) is 5.55. The summed E-state index contributed by atoms with van der Waals surface area (Å²) in [7, 11) is 0. The Labute approximate surface area is 210 Å². The molecule has 0 unspecified atom stereocenters. The summed E-state index contributed by atoms with van der Waals surface area (Å²) in [5, 5.41) is 12.5. The third-order valence-electron chi connectivity index (χ3n) is 5.55. The van der Waals surface area contributed by atoms with Gasteiger partial charge in [0.05, 0.1) is 17.0 Å². The average Bonchev–Trinajstić information content (AvgIpc) is 3.27. The molecule has 0 saturated carbocycles. The summed E-state index contributed by atoms with van der Waals surface area (Å²) in [4.78, 5) is 0. The smallest absolute Gasteiger partial charge is 0.416 e. The van der Waals surface area contributed by atoms with Crippen molar-refractivity contribution in [3.05, 3.63) is 96.6 Å². The summed E-state index contributed by atoms with van der Waals surface area (Å²) >= 11 is 0. The fourth-order valence-corrected chi connectivity index (χ4v) is 3.93. The van der Waals surface area contributed by atoms with Gasteiger partial charge < -0.3 is 9.15 Å². The predicted molar refractivity (Wildman–Crippen MR) is 123 cm³/mol. The molecule has 0 amide bonds. The molecule has 0 spiro atoms. The number of alkyl halides is 3. The Balaban J connectivity index is 0.00000253. The molecule has 1 radical (unpaired) electrons. The molecule has 6 rings (SSSR count). The van der Waals surface area contributed by atoms with Gasteiger partial charge in [-0.1, -0.05) is 54.6 Å². The van der Waals surface area contributed by atoms with Crippen LogP contribution in [-0.4, -0.2) is 10.2 Å². The molecule has 0 bridgehead atoms. The first-order valence-corrected chi connectivity index (χ1v) is 10.4. The van der Waals surface area contributed by atoms with Gasteiger partial charge in [0.1, 0.15) is 5.75 Å². The zero-order valence-corrected chi connectivity index (χ0v) is 20.2. The van der Waals surface area contributed by atoms with Crippen molar-refractivity contribution in [1.82, 2.24) is 10.2 Å². The SMILES string of the molecule is FC(F)(F)c1cccc(Oc2nnc(-c3[c-]c4ccccc4o3)c3cc4ccccc4cc23)c1.[Ir]. The number of rotatable bonds is 3. The second-order valence-corrected chi connectivity index (χ2v) is 7.78. The number of halogens is 3. The number of aromatic nitrogens is 2. The monoisotopic (exact) mass is 648 g/mol. The number of furan rings is 1. The van der Waals surface area contributed by atoms with Gasteiger partial charge in [0.2, 0.25) is 5.88 Å². The van der Waals surface area contributed by atoms with Crippen LogP contribution in [0.4, 0.5) is 13.2 Å². The van der Waals surface area contributed by atoms with E-state index in [1.54, 1.807) is 0 Å². The molecule has 2 heterocycles. The molecule has 175 valence electrons. The van der Waals surface area contributed by atoms with E-state index >= 15 is 0 Å². The minimum Gasteiger partial charge on any atom is -0.518 e. The molecule has 4 nitrogen and oxygen atoms in total. The Morgan fingerprint density at radius 3 is 2.23 bits per heavy atom. The van der Waals surface area contributed by atoms with Crippen LogP contribution in [0.5, 0.6) is 11.6 Å². The van der Waals surface area contributed by atoms with Crippen molar-refractivity contribution in [3.63, 3.8) is 0 Å². The first kappa shape index (κ1) is 23.0. The number of nitrogens with zero attached hydrogens (tertiary/aromatic N) is 2. The van der Waals surface area contributed by atoms with Crippen molar-refractivity contribution in [1.29, 1.82) is 0 Å². The topological polar surface area (TPSA) is 48.2 Å². The summed E-state index contributed by atoms with van der Waals surface area (Å²) in [6.07, 6.45) is -4.48. The van der Waals surface area contributed by atoms with Crippen LogP contribution in [0, 0.1) is 6.07 Å². The van der Waals surface area contributed by atoms with E-state index in [4.69, 9.17) is 9.15 Å². The summed E-state index contributed by atoms with van der Waals surface area (Å²) < 4.78 is 51.3. The molecule has 35 heavy (non-hydrogen) atoms. The molecule has 6 aromatic rings. The van der Waals surface area contributed by atoms with Gasteiger partial charge in [-0.25, -0.2) is 0 Å². The predicted octanol–water partition coefficient (Wildman–Crippen LogP) is 7.80. The van der Waals surface area contributed by atoms with Crippen LogP contribution in [0.1, 0.15) is 5.56 Å². The summed E-state index contributed by atoms with van der Waals surface area (Å²) in [6, 6.07) is 26.9. The first-order valence-electron chi connectivity index (χ1n) is 10.4. The Bertz CT molecular complexity index is 1660. The minimum atomic E-state index is -4.48. The Hall–Kier alpha value is -3.74. The van der Waals surface area contributed by atoms with E-state index in [9.17, 15) is 13.2 Å². The van der Waals surface area contributed by atoms with Gasteiger partial charge in [0.15, 0.2) is 0 Å². The van der Waals surface area contributed by atoms with Crippen LogP contribution in [0.3, 0.4) is 0 Å². The number of fused-ring (bicyclic) bond motifs is 3. The number of hydrogen-bond donors (Lipinski definition) is 0. The van der Waals surface area contributed by atoms with Crippen LogP contribution in [-0.2, 0) is 26.3 Å². The quantitative estimate of drug-likeness (QED) is 0.145. The normalized spacial score (nSPS) is 11.6. The third kappa shape index (κ3) is 4.27. The van der Waals surface area contributed by atoms with E-state index in [1.165, 1.54) is 12.1 Å². The van der Waals surface area contributed by atoms with E-state index in [-0.39, 0.29) is 31.7 Å². The van der Waals surface area contributed by atoms with Crippen LogP contribution >= 0.6 is 0 Å². The molecule has 0 N–H and O–H groups in total. The van der Waals surface area contributed by atoms with Crippen molar-refractivity contribution >= 4 is 32.5 Å². The largest absolute Gasteiger partial charge is 0.518 e. The molecule has 0 fully saturated rings. The number of para-hydroxylation sites is 1. The maximum atomic E-state index is 13.2. The van der Waals surface area contributed by atoms with Gasteiger partial charge in [-0.3, -0.25) is 0 Å². The Morgan fingerprint density at radius 1 is 0.771 bits per heavy atom. The molecule has 0 aliphatic heterocycles. The van der Waals surface area contributed by atoms with Gasteiger partial charge in [-0.05, 0) is 40.4 Å². The molecule has 0 atom stereocenters. The maximum absolute atomic E-state index is 13.2. The molecule has 4 aromatic carbocycles. The molecule has 8 heteroatoms. The van der Waals surface area contributed by atoms with Crippen molar-refractivity contribution < 1.29 is 42.4 Å². The van der Waals surface area contributed by atoms with E-state index in [2.05, 4.69) is 16.3 Å². The Kier molecular flexibility index (Phi) is 5.79. The standard InChI is InChI=1S/C27H14F3N2O2.Ir/c28-27(29,30)19-9-5-10-20(15-19)33-26-22-13-17-7-2-1-6-16(17)12-21(22)25(31-32-26)24-14-18-8-3-4-11-23(18)34-24;/h1-13,15H;/q-1;. The molecular weight excluding hydrogens is 634 g/mol. The molecule has 0 aliphatic carbocycles. The molecule has 2 aromatic heterocycles. The zero-order chi connectivity index (χ0) is 23.3. The summed E-state index contributed by atoms with van der Waals surface area (Å²) in [6.45, 7) is 0. The van der Waals surface area contributed by atoms with E-state index in [1.807, 2.05) is 60.7 Å². The van der Waals surface area contributed by atoms with Crippen LogP contribution in [0.15, 0.2) is 89.3 Å². The maximum Gasteiger partial charge on any atom is 0.416 e. The number of ether oxygens (including phenoxy) is 1. The average molecular weight is 648 g/mol. The molecule has 0 aliphatic rings. The van der Waals surface area contributed by atoms with Crippen molar-refractivity contribution in [2.45, 2.75) is 6.18 Å². The van der Waals surface area contributed by atoms with Gasteiger partial charge in [-0.2, -0.15) is 18.3 Å².